The normalized spacial score (nSPS) is 14.2. The Morgan fingerprint density at radius 2 is 1.70 bits per heavy atom. The fourth-order valence-corrected chi connectivity index (χ4v) is 4.80. The smallest absolute Gasteiger partial charge is 0.273 e. The second-order valence-electron chi connectivity index (χ2n) is 8.40. The van der Waals surface area contributed by atoms with Crippen molar-refractivity contribution in [2.24, 2.45) is 5.92 Å². The SMILES string of the molecule is CC(=O)N(C)c1ccc(N(C(=O)c2cncc(C#CCC3CCCCC3)c2)S(C)(=O)=O)cc1. The van der Waals surface area contributed by atoms with Crippen LogP contribution in [0.1, 0.15) is 61.4 Å². The van der Waals surface area contributed by atoms with E-state index in [2.05, 4.69) is 16.8 Å². The highest BCUT2D eigenvalue weighted by Gasteiger charge is 2.27. The minimum atomic E-state index is -3.92. The van der Waals surface area contributed by atoms with E-state index in [1.807, 2.05) is 0 Å². The number of hydrogen-bond acceptors (Lipinski definition) is 5. The van der Waals surface area contributed by atoms with Crippen molar-refractivity contribution in [3.8, 4) is 11.8 Å². The molecule has 0 aliphatic heterocycles. The lowest BCUT2D eigenvalue weighted by Gasteiger charge is -2.22. The van der Waals surface area contributed by atoms with E-state index in [-0.39, 0.29) is 17.2 Å². The number of aromatic nitrogens is 1. The second-order valence-corrected chi connectivity index (χ2v) is 10.2. The Hall–Kier alpha value is -3.18. The Morgan fingerprint density at radius 3 is 2.30 bits per heavy atom. The van der Waals surface area contributed by atoms with Crippen LogP contribution in [0, 0.1) is 17.8 Å². The number of carbonyl (C=O) groups is 2. The van der Waals surface area contributed by atoms with E-state index < -0.39 is 15.9 Å². The van der Waals surface area contributed by atoms with Crippen molar-refractivity contribution in [2.75, 3.05) is 22.5 Å². The maximum Gasteiger partial charge on any atom is 0.273 e. The lowest BCUT2D eigenvalue weighted by molar-refractivity contribution is -0.116. The van der Waals surface area contributed by atoms with Crippen LogP contribution in [-0.2, 0) is 14.8 Å². The highest BCUT2D eigenvalue weighted by molar-refractivity contribution is 7.92. The number of benzene rings is 1. The molecule has 0 unspecified atom stereocenters. The maximum atomic E-state index is 13.2. The summed E-state index contributed by atoms with van der Waals surface area (Å²) in [6.45, 7) is 1.43. The number of amides is 2. The van der Waals surface area contributed by atoms with Crippen molar-refractivity contribution in [3.63, 3.8) is 0 Å². The van der Waals surface area contributed by atoms with Gasteiger partial charge in [-0.05, 0) is 49.1 Å². The van der Waals surface area contributed by atoms with Gasteiger partial charge in [0.15, 0.2) is 0 Å². The van der Waals surface area contributed by atoms with Crippen molar-refractivity contribution < 1.29 is 18.0 Å². The van der Waals surface area contributed by atoms with Crippen LogP contribution in [0.4, 0.5) is 11.4 Å². The molecule has 1 aromatic carbocycles. The molecule has 0 radical (unpaired) electrons. The predicted octanol–water partition coefficient (Wildman–Crippen LogP) is 3.99. The van der Waals surface area contributed by atoms with Gasteiger partial charge in [0.2, 0.25) is 15.9 Å². The number of anilines is 2. The van der Waals surface area contributed by atoms with E-state index in [1.165, 1.54) is 62.3 Å². The van der Waals surface area contributed by atoms with Crippen molar-refractivity contribution in [3.05, 3.63) is 53.9 Å². The van der Waals surface area contributed by atoms with Crippen molar-refractivity contribution >= 4 is 33.2 Å². The van der Waals surface area contributed by atoms with Crippen LogP contribution in [0.15, 0.2) is 42.7 Å². The fraction of sp³-hybridized carbons (Fsp3) is 0.400. The highest BCUT2D eigenvalue weighted by Crippen LogP contribution is 2.26. The van der Waals surface area contributed by atoms with Crippen LogP contribution in [-0.4, -0.2) is 38.5 Å². The van der Waals surface area contributed by atoms with Crippen LogP contribution >= 0.6 is 0 Å². The molecule has 1 aromatic heterocycles. The average Bonchev–Trinajstić information content (AvgIpc) is 2.79. The molecule has 33 heavy (non-hydrogen) atoms. The van der Waals surface area contributed by atoms with Crippen molar-refractivity contribution in [1.82, 2.24) is 4.98 Å². The molecule has 1 aliphatic carbocycles. The van der Waals surface area contributed by atoms with Gasteiger partial charge in [0.25, 0.3) is 5.91 Å². The van der Waals surface area contributed by atoms with Crippen molar-refractivity contribution in [1.29, 1.82) is 0 Å². The van der Waals surface area contributed by atoms with Crippen LogP contribution in [0.3, 0.4) is 0 Å². The molecule has 0 saturated heterocycles. The van der Waals surface area contributed by atoms with E-state index in [1.54, 1.807) is 31.4 Å². The van der Waals surface area contributed by atoms with E-state index in [0.29, 0.717) is 17.2 Å². The maximum absolute atomic E-state index is 13.2. The van der Waals surface area contributed by atoms with E-state index in [9.17, 15) is 18.0 Å². The zero-order valence-electron chi connectivity index (χ0n) is 19.2. The molecule has 1 fully saturated rings. The van der Waals surface area contributed by atoms with Crippen LogP contribution < -0.4 is 9.21 Å². The monoisotopic (exact) mass is 467 g/mol. The van der Waals surface area contributed by atoms with Crippen LogP contribution in [0.2, 0.25) is 0 Å². The molecule has 0 N–H and O–H groups in total. The largest absolute Gasteiger partial charge is 0.316 e. The average molecular weight is 468 g/mol. The van der Waals surface area contributed by atoms with Crippen LogP contribution in [0.5, 0.6) is 0 Å². The minimum absolute atomic E-state index is 0.134. The van der Waals surface area contributed by atoms with E-state index >= 15 is 0 Å². The molecular formula is C25H29N3O4S. The molecule has 8 heteroatoms. The summed E-state index contributed by atoms with van der Waals surface area (Å²) in [6.07, 6.45) is 10.9. The van der Waals surface area contributed by atoms with Gasteiger partial charge in [-0.25, -0.2) is 12.7 Å². The fourth-order valence-electron chi connectivity index (χ4n) is 3.88. The Bertz CT molecular complexity index is 1170. The first-order valence-corrected chi connectivity index (χ1v) is 12.8. The van der Waals surface area contributed by atoms with Gasteiger partial charge in [0.1, 0.15) is 0 Å². The molecule has 7 nitrogen and oxygen atoms in total. The Morgan fingerprint density at radius 1 is 1.06 bits per heavy atom. The third-order valence-corrected chi connectivity index (χ3v) is 6.83. The van der Waals surface area contributed by atoms with E-state index in [0.717, 1.165) is 17.0 Å². The summed E-state index contributed by atoms with van der Waals surface area (Å²) >= 11 is 0. The summed E-state index contributed by atoms with van der Waals surface area (Å²) in [4.78, 5) is 30.3. The standard InChI is InChI=1S/C25H29N3O4S/c1-19(29)27(2)23-12-14-24(15-13-23)28(33(3,31)32)25(30)22-16-21(17-26-18-22)11-7-10-20-8-5-4-6-9-20/h12-18,20H,4-6,8-10H2,1-3H3. The Kier molecular flexibility index (Phi) is 7.88. The molecular weight excluding hydrogens is 438 g/mol. The number of hydrogen-bond donors (Lipinski definition) is 0. The topological polar surface area (TPSA) is 87.7 Å². The molecule has 174 valence electrons. The third kappa shape index (κ3) is 6.42. The number of rotatable bonds is 5. The third-order valence-electron chi connectivity index (χ3n) is 5.79. The van der Waals surface area contributed by atoms with Crippen molar-refractivity contribution in [2.45, 2.75) is 45.4 Å². The molecule has 0 bridgehead atoms. The van der Waals surface area contributed by atoms with Gasteiger partial charge in [0, 0.05) is 44.0 Å². The van der Waals surface area contributed by atoms with Gasteiger partial charge in [0.05, 0.1) is 17.5 Å². The first-order chi connectivity index (χ1) is 15.7. The summed E-state index contributed by atoms with van der Waals surface area (Å²) < 4.78 is 25.7. The lowest BCUT2D eigenvalue weighted by Crippen LogP contribution is -2.36. The summed E-state index contributed by atoms with van der Waals surface area (Å²) in [6, 6.07) is 7.74. The van der Waals surface area contributed by atoms with Gasteiger partial charge < -0.3 is 4.90 Å². The molecule has 1 saturated carbocycles. The number of pyridine rings is 1. The zero-order valence-corrected chi connectivity index (χ0v) is 20.1. The Labute approximate surface area is 195 Å². The van der Waals surface area contributed by atoms with Gasteiger partial charge in [-0.2, -0.15) is 0 Å². The summed E-state index contributed by atoms with van der Waals surface area (Å²) in [7, 11) is -2.31. The Balaban J connectivity index is 1.83. The van der Waals surface area contributed by atoms with Crippen LogP contribution in [0.25, 0.3) is 0 Å². The minimum Gasteiger partial charge on any atom is -0.316 e. The summed E-state index contributed by atoms with van der Waals surface area (Å²) in [5, 5.41) is 0. The molecule has 0 atom stereocenters. The molecule has 3 rings (SSSR count). The summed E-state index contributed by atoms with van der Waals surface area (Å²) in [5.41, 5.74) is 1.47. The number of nitrogens with zero attached hydrogens (tertiary/aromatic N) is 3. The summed E-state index contributed by atoms with van der Waals surface area (Å²) in [5.74, 6) is 6.00. The zero-order chi connectivity index (χ0) is 24.0. The second kappa shape index (κ2) is 10.6. The quantitative estimate of drug-likeness (QED) is 0.621. The van der Waals surface area contributed by atoms with Gasteiger partial charge in [-0.15, -0.1) is 0 Å². The molecule has 2 amide bonds. The van der Waals surface area contributed by atoms with Gasteiger partial charge >= 0.3 is 0 Å². The predicted molar refractivity (Wildman–Crippen MR) is 129 cm³/mol. The molecule has 1 aliphatic rings. The number of sulfonamides is 1. The molecule has 0 spiro atoms. The lowest BCUT2D eigenvalue weighted by atomic mass is 9.87. The highest BCUT2D eigenvalue weighted by atomic mass is 32.2. The first kappa shape index (κ1) is 24.5. The van der Waals surface area contributed by atoms with E-state index in [4.69, 9.17) is 0 Å². The van der Waals surface area contributed by atoms with Gasteiger partial charge in [-0.1, -0.05) is 31.1 Å². The number of carbonyl (C=O) groups excluding carboxylic acids is 2. The molecule has 2 aromatic rings. The van der Waals surface area contributed by atoms with Gasteiger partial charge in [-0.3, -0.25) is 14.6 Å². The first-order valence-electron chi connectivity index (χ1n) is 11.0. The molecule has 1 heterocycles.